The van der Waals surface area contributed by atoms with Gasteiger partial charge in [0.25, 0.3) is 11.8 Å². The molecule has 1 heterocycles. The maximum absolute atomic E-state index is 12.5. The lowest BCUT2D eigenvalue weighted by atomic mass is 10.2. The maximum atomic E-state index is 12.5. The van der Waals surface area contributed by atoms with Crippen molar-refractivity contribution in [3.63, 3.8) is 0 Å². The van der Waals surface area contributed by atoms with Gasteiger partial charge >= 0.3 is 6.16 Å². The summed E-state index contributed by atoms with van der Waals surface area (Å²) in [6.45, 7) is 1.87. The van der Waals surface area contributed by atoms with Gasteiger partial charge in [0, 0.05) is 5.56 Å². The third kappa shape index (κ3) is 5.23. The molecule has 2 N–H and O–H groups in total. The van der Waals surface area contributed by atoms with Crippen molar-refractivity contribution >= 4 is 29.3 Å². The van der Waals surface area contributed by atoms with Gasteiger partial charge in [0.2, 0.25) is 0 Å². The first-order chi connectivity index (χ1) is 14.1. The summed E-state index contributed by atoms with van der Waals surface area (Å²) in [5.41, 5.74) is 1.18. The third-order valence-electron chi connectivity index (χ3n) is 3.75. The predicted molar refractivity (Wildman–Crippen MR) is 105 cm³/mol. The number of carbonyl (C=O) groups is 3. The van der Waals surface area contributed by atoms with Crippen LogP contribution in [0.15, 0.2) is 71.3 Å². The molecule has 0 fully saturated rings. The Morgan fingerprint density at radius 1 is 0.862 bits per heavy atom. The maximum Gasteiger partial charge on any atom is 0.513 e. The Labute approximate surface area is 166 Å². The molecular formula is C21H18N2O6. The highest BCUT2D eigenvalue weighted by atomic mass is 16.7. The van der Waals surface area contributed by atoms with E-state index in [4.69, 9.17) is 13.9 Å². The van der Waals surface area contributed by atoms with Crippen LogP contribution in [0.5, 0.6) is 5.75 Å². The minimum absolute atomic E-state index is 0.156. The number of carbonyl (C=O) groups excluding carboxylic acids is 3. The summed E-state index contributed by atoms with van der Waals surface area (Å²) >= 11 is 0. The molecule has 0 aliphatic rings. The van der Waals surface area contributed by atoms with E-state index in [9.17, 15) is 14.4 Å². The van der Waals surface area contributed by atoms with Crippen LogP contribution in [0, 0.1) is 0 Å². The van der Waals surface area contributed by atoms with E-state index in [1.165, 1.54) is 36.6 Å². The van der Waals surface area contributed by atoms with Gasteiger partial charge in [-0.3, -0.25) is 9.59 Å². The zero-order valence-corrected chi connectivity index (χ0v) is 15.5. The van der Waals surface area contributed by atoms with Crippen LogP contribution in [-0.4, -0.2) is 24.6 Å². The van der Waals surface area contributed by atoms with Gasteiger partial charge in [-0.25, -0.2) is 4.79 Å². The molecule has 8 nitrogen and oxygen atoms in total. The number of benzene rings is 2. The summed E-state index contributed by atoms with van der Waals surface area (Å²) in [4.78, 5) is 36.0. The summed E-state index contributed by atoms with van der Waals surface area (Å²) < 4.78 is 14.7. The standard InChI is InChI=1S/C21H18N2O6/c1-2-27-21(26)29-15-11-9-14(10-12-15)19(24)22-16-6-3-4-7-17(16)23-20(25)18-8-5-13-28-18/h3-13H,2H2,1H3,(H,22,24)(H,23,25). The highest BCUT2D eigenvalue weighted by molar-refractivity contribution is 6.09. The fourth-order valence-corrected chi connectivity index (χ4v) is 2.41. The molecule has 3 aromatic rings. The Morgan fingerprint density at radius 3 is 2.10 bits per heavy atom. The first-order valence-corrected chi connectivity index (χ1v) is 8.76. The molecule has 0 radical (unpaired) electrons. The van der Waals surface area contributed by atoms with E-state index in [1.54, 1.807) is 37.3 Å². The Hall–Kier alpha value is -4.07. The van der Waals surface area contributed by atoms with Crippen LogP contribution in [0.4, 0.5) is 16.2 Å². The van der Waals surface area contributed by atoms with E-state index in [0.29, 0.717) is 16.9 Å². The summed E-state index contributed by atoms with van der Waals surface area (Å²) in [7, 11) is 0. The summed E-state index contributed by atoms with van der Waals surface area (Å²) in [6.07, 6.45) is 0.587. The molecule has 0 atom stereocenters. The molecular weight excluding hydrogens is 376 g/mol. The zero-order valence-electron chi connectivity index (χ0n) is 15.5. The lowest BCUT2D eigenvalue weighted by Gasteiger charge is -2.12. The van der Waals surface area contributed by atoms with E-state index in [2.05, 4.69) is 10.6 Å². The predicted octanol–water partition coefficient (Wildman–Crippen LogP) is 4.32. The van der Waals surface area contributed by atoms with Crippen LogP contribution in [0.1, 0.15) is 27.8 Å². The summed E-state index contributed by atoms with van der Waals surface area (Å²) in [5.74, 6) is -0.418. The number of anilines is 2. The molecule has 2 amide bonds. The van der Waals surface area contributed by atoms with Crippen molar-refractivity contribution in [3.05, 3.63) is 78.3 Å². The molecule has 0 saturated heterocycles. The van der Waals surface area contributed by atoms with Gasteiger partial charge in [0.05, 0.1) is 24.2 Å². The minimum Gasteiger partial charge on any atom is -0.459 e. The molecule has 8 heteroatoms. The number of para-hydroxylation sites is 2. The van der Waals surface area contributed by atoms with Crippen molar-refractivity contribution in [1.29, 1.82) is 0 Å². The second kappa shape index (κ2) is 9.23. The lowest BCUT2D eigenvalue weighted by molar-refractivity contribution is 0.0992. The van der Waals surface area contributed by atoms with E-state index in [1.807, 2.05) is 0 Å². The van der Waals surface area contributed by atoms with Crippen molar-refractivity contribution in [3.8, 4) is 5.75 Å². The molecule has 2 aromatic carbocycles. The van der Waals surface area contributed by atoms with Crippen LogP contribution >= 0.6 is 0 Å². The number of hydrogen-bond acceptors (Lipinski definition) is 6. The quantitative estimate of drug-likeness (QED) is 0.476. The normalized spacial score (nSPS) is 10.1. The van der Waals surface area contributed by atoms with Crippen molar-refractivity contribution in [2.24, 2.45) is 0 Å². The number of hydrogen-bond donors (Lipinski definition) is 2. The molecule has 0 bridgehead atoms. The lowest BCUT2D eigenvalue weighted by Crippen LogP contribution is -2.16. The molecule has 0 saturated carbocycles. The summed E-state index contributed by atoms with van der Waals surface area (Å²) in [5, 5.41) is 5.43. The van der Waals surface area contributed by atoms with Crippen LogP contribution < -0.4 is 15.4 Å². The van der Waals surface area contributed by atoms with Crippen LogP contribution in [0.25, 0.3) is 0 Å². The first-order valence-electron chi connectivity index (χ1n) is 8.76. The first kappa shape index (κ1) is 19.7. The smallest absolute Gasteiger partial charge is 0.459 e. The average Bonchev–Trinajstić information content (AvgIpc) is 3.25. The monoisotopic (exact) mass is 394 g/mol. The minimum atomic E-state index is -0.814. The van der Waals surface area contributed by atoms with E-state index < -0.39 is 18.0 Å². The van der Waals surface area contributed by atoms with Crippen molar-refractivity contribution < 1.29 is 28.3 Å². The second-order valence-corrected chi connectivity index (χ2v) is 5.74. The van der Waals surface area contributed by atoms with Gasteiger partial charge in [-0.05, 0) is 55.5 Å². The SMILES string of the molecule is CCOC(=O)Oc1ccc(C(=O)Nc2ccccc2NC(=O)c2ccco2)cc1. The molecule has 3 rings (SSSR count). The van der Waals surface area contributed by atoms with Gasteiger partial charge in [0.1, 0.15) is 5.75 Å². The number of ether oxygens (including phenoxy) is 2. The van der Waals surface area contributed by atoms with Gasteiger partial charge in [-0.15, -0.1) is 0 Å². The van der Waals surface area contributed by atoms with E-state index >= 15 is 0 Å². The zero-order chi connectivity index (χ0) is 20.6. The summed E-state index contributed by atoms with van der Waals surface area (Å²) in [6, 6.07) is 15.9. The Balaban J connectivity index is 1.68. The van der Waals surface area contributed by atoms with Gasteiger partial charge < -0.3 is 24.5 Å². The fourth-order valence-electron chi connectivity index (χ4n) is 2.41. The van der Waals surface area contributed by atoms with E-state index in [-0.39, 0.29) is 18.1 Å². The van der Waals surface area contributed by atoms with Gasteiger partial charge in [0.15, 0.2) is 5.76 Å². The largest absolute Gasteiger partial charge is 0.513 e. The average molecular weight is 394 g/mol. The van der Waals surface area contributed by atoms with Gasteiger partial charge in [-0.1, -0.05) is 12.1 Å². The topological polar surface area (TPSA) is 107 Å². The molecule has 148 valence electrons. The van der Waals surface area contributed by atoms with Crippen LogP contribution in [0.2, 0.25) is 0 Å². The van der Waals surface area contributed by atoms with Crippen molar-refractivity contribution in [1.82, 2.24) is 0 Å². The Bertz CT molecular complexity index is 996. The number of rotatable bonds is 6. The molecule has 29 heavy (non-hydrogen) atoms. The molecule has 1 aromatic heterocycles. The van der Waals surface area contributed by atoms with E-state index in [0.717, 1.165) is 0 Å². The fraction of sp³-hybridized carbons (Fsp3) is 0.0952. The Kier molecular flexibility index (Phi) is 6.26. The Morgan fingerprint density at radius 2 is 1.52 bits per heavy atom. The molecule has 0 spiro atoms. The third-order valence-corrected chi connectivity index (χ3v) is 3.75. The molecule has 0 aliphatic heterocycles. The number of nitrogens with one attached hydrogen (secondary N) is 2. The number of furan rings is 1. The van der Waals surface area contributed by atoms with Crippen LogP contribution in [-0.2, 0) is 4.74 Å². The van der Waals surface area contributed by atoms with Gasteiger partial charge in [-0.2, -0.15) is 0 Å². The highest BCUT2D eigenvalue weighted by Crippen LogP contribution is 2.23. The second-order valence-electron chi connectivity index (χ2n) is 5.74. The molecule has 0 unspecified atom stereocenters. The molecule has 0 aliphatic carbocycles. The van der Waals surface area contributed by atoms with Crippen molar-refractivity contribution in [2.75, 3.05) is 17.2 Å². The van der Waals surface area contributed by atoms with Crippen LogP contribution in [0.3, 0.4) is 0 Å². The van der Waals surface area contributed by atoms with Crippen molar-refractivity contribution in [2.45, 2.75) is 6.92 Å². The highest BCUT2D eigenvalue weighted by Gasteiger charge is 2.14. The number of amides is 2.